The van der Waals surface area contributed by atoms with E-state index in [4.69, 9.17) is 0 Å². The highest BCUT2D eigenvalue weighted by Crippen LogP contribution is 2.44. The SMILES string of the molecule is Cc1ccc(O)c(C(=O)NC2CC2(C)C)c1. The van der Waals surface area contributed by atoms with E-state index in [-0.39, 0.29) is 23.1 Å². The first-order chi connectivity index (χ1) is 7.40. The molecule has 1 saturated carbocycles. The minimum atomic E-state index is -0.184. The van der Waals surface area contributed by atoms with Crippen molar-refractivity contribution >= 4 is 5.91 Å². The molecule has 0 bridgehead atoms. The average Bonchev–Trinajstić information content (AvgIpc) is 2.77. The highest BCUT2D eigenvalue weighted by Gasteiger charge is 2.46. The molecule has 0 aliphatic heterocycles. The van der Waals surface area contributed by atoms with Crippen molar-refractivity contribution in [2.45, 2.75) is 33.2 Å². The average molecular weight is 219 g/mol. The van der Waals surface area contributed by atoms with Crippen molar-refractivity contribution in [2.24, 2.45) is 5.41 Å². The number of phenols is 1. The van der Waals surface area contributed by atoms with Crippen molar-refractivity contribution in [1.82, 2.24) is 5.32 Å². The number of aryl methyl sites for hydroxylation is 1. The minimum absolute atomic E-state index is 0.0431. The zero-order valence-corrected chi connectivity index (χ0v) is 9.87. The van der Waals surface area contributed by atoms with E-state index >= 15 is 0 Å². The molecule has 1 atom stereocenters. The van der Waals surface area contributed by atoms with Gasteiger partial charge in [0.05, 0.1) is 5.56 Å². The lowest BCUT2D eigenvalue weighted by molar-refractivity contribution is 0.0943. The van der Waals surface area contributed by atoms with Crippen LogP contribution < -0.4 is 5.32 Å². The highest BCUT2D eigenvalue weighted by molar-refractivity contribution is 5.97. The van der Waals surface area contributed by atoms with Gasteiger partial charge in [-0.2, -0.15) is 0 Å². The monoisotopic (exact) mass is 219 g/mol. The lowest BCUT2D eigenvalue weighted by Crippen LogP contribution is -2.28. The number of phenolic OH excluding ortho intramolecular Hbond substituents is 1. The molecule has 1 aliphatic rings. The Labute approximate surface area is 95.5 Å². The van der Waals surface area contributed by atoms with Gasteiger partial charge >= 0.3 is 0 Å². The fraction of sp³-hybridized carbons (Fsp3) is 0.462. The molecule has 0 spiro atoms. The highest BCUT2D eigenvalue weighted by atomic mass is 16.3. The van der Waals surface area contributed by atoms with E-state index in [1.807, 2.05) is 6.92 Å². The van der Waals surface area contributed by atoms with E-state index in [0.717, 1.165) is 12.0 Å². The van der Waals surface area contributed by atoms with Crippen LogP contribution in [0, 0.1) is 12.3 Å². The summed E-state index contributed by atoms with van der Waals surface area (Å²) in [5, 5.41) is 12.5. The van der Waals surface area contributed by atoms with Crippen LogP contribution in [0.2, 0.25) is 0 Å². The van der Waals surface area contributed by atoms with Gasteiger partial charge in [-0.05, 0) is 30.9 Å². The van der Waals surface area contributed by atoms with Gasteiger partial charge in [-0.15, -0.1) is 0 Å². The number of carbonyl (C=O) groups is 1. The number of aromatic hydroxyl groups is 1. The Balaban J connectivity index is 2.12. The molecular weight excluding hydrogens is 202 g/mol. The van der Waals surface area contributed by atoms with Crippen molar-refractivity contribution in [1.29, 1.82) is 0 Å². The minimum Gasteiger partial charge on any atom is -0.507 e. The third-order valence-corrected chi connectivity index (χ3v) is 3.22. The summed E-state index contributed by atoms with van der Waals surface area (Å²) < 4.78 is 0. The predicted molar refractivity (Wildman–Crippen MR) is 62.5 cm³/mol. The number of hydrogen-bond acceptors (Lipinski definition) is 2. The summed E-state index contributed by atoms with van der Waals surface area (Å²) >= 11 is 0. The quantitative estimate of drug-likeness (QED) is 0.801. The van der Waals surface area contributed by atoms with Crippen molar-refractivity contribution in [3.05, 3.63) is 29.3 Å². The summed E-state index contributed by atoms with van der Waals surface area (Å²) in [6.07, 6.45) is 1.01. The van der Waals surface area contributed by atoms with Gasteiger partial charge in [0.2, 0.25) is 0 Å². The molecule has 2 rings (SSSR count). The molecule has 1 unspecified atom stereocenters. The summed E-state index contributed by atoms with van der Waals surface area (Å²) in [7, 11) is 0. The van der Waals surface area contributed by atoms with E-state index in [1.54, 1.807) is 18.2 Å². The Morgan fingerprint density at radius 3 is 2.69 bits per heavy atom. The van der Waals surface area contributed by atoms with E-state index < -0.39 is 0 Å². The van der Waals surface area contributed by atoms with Gasteiger partial charge in [0.1, 0.15) is 5.75 Å². The standard InChI is InChI=1S/C13H17NO2/c1-8-4-5-10(15)9(6-8)12(16)14-11-7-13(11,2)3/h4-6,11,15H,7H2,1-3H3,(H,14,16). The summed E-state index contributed by atoms with van der Waals surface area (Å²) in [4.78, 5) is 11.9. The fourth-order valence-electron chi connectivity index (χ4n) is 1.78. The number of benzene rings is 1. The van der Waals surface area contributed by atoms with E-state index in [1.165, 1.54) is 0 Å². The van der Waals surface area contributed by atoms with Crippen LogP contribution in [0.4, 0.5) is 0 Å². The van der Waals surface area contributed by atoms with Crippen molar-refractivity contribution in [3.63, 3.8) is 0 Å². The number of amides is 1. The topological polar surface area (TPSA) is 49.3 Å². The van der Waals surface area contributed by atoms with Gasteiger partial charge in [0.15, 0.2) is 0 Å². The second kappa shape index (κ2) is 3.51. The molecule has 1 fully saturated rings. The van der Waals surface area contributed by atoms with E-state index in [2.05, 4.69) is 19.2 Å². The molecule has 0 radical (unpaired) electrons. The zero-order valence-electron chi connectivity index (χ0n) is 9.87. The predicted octanol–water partition coefficient (Wildman–Crippen LogP) is 2.23. The number of hydrogen-bond donors (Lipinski definition) is 2. The van der Waals surface area contributed by atoms with Crippen molar-refractivity contribution < 1.29 is 9.90 Å². The zero-order chi connectivity index (χ0) is 11.9. The molecule has 3 heteroatoms. The second-order valence-corrected chi connectivity index (χ2v) is 5.24. The van der Waals surface area contributed by atoms with Crippen LogP contribution in [0.5, 0.6) is 5.75 Å². The van der Waals surface area contributed by atoms with Crippen molar-refractivity contribution in [2.75, 3.05) is 0 Å². The van der Waals surface area contributed by atoms with Crippen molar-refractivity contribution in [3.8, 4) is 5.75 Å². The van der Waals surface area contributed by atoms with Gasteiger partial charge < -0.3 is 10.4 Å². The molecule has 0 saturated heterocycles. The lowest BCUT2D eigenvalue weighted by Gasteiger charge is -2.08. The molecule has 1 aromatic rings. The molecule has 1 amide bonds. The van der Waals surface area contributed by atoms with E-state index in [9.17, 15) is 9.90 Å². The van der Waals surface area contributed by atoms with Gasteiger partial charge in [0.25, 0.3) is 5.91 Å². The normalized spacial score (nSPS) is 21.6. The molecule has 1 aliphatic carbocycles. The Bertz CT molecular complexity index is 438. The van der Waals surface area contributed by atoms with Gasteiger partial charge in [-0.3, -0.25) is 4.79 Å². The molecule has 0 heterocycles. The summed E-state index contributed by atoms with van der Waals surface area (Å²) in [5.41, 5.74) is 1.54. The largest absolute Gasteiger partial charge is 0.507 e. The van der Waals surface area contributed by atoms with Gasteiger partial charge in [-0.1, -0.05) is 25.5 Å². The van der Waals surface area contributed by atoms with Crippen LogP contribution in [0.3, 0.4) is 0 Å². The molecular formula is C13H17NO2. The van der Waals surface area contributed by atoms with Gasteiger partial charge in [0, 0.05) is 6.04 Å². The van der Waals surface area contributed by atoms with Crippen LogP contribution in [-0.2, 0) is 0 Å². The smallest absolute Gasteiger partial charge is 0.255 e. The second-order valence-electron chi connectivity index (χ2n) is 5.24. The Morgan fingerprint density at radius 1 is 1.50 bits per heavy atom. The van der Waals surface area contributed by atoms with Crippen LogP contribution in [0.25, 0.3) is 0 Å². The molecule has 0 aromatic heterocycles. The third-order valence-electron chi connectivity index (χ3n) is 3.22. The maximum absolute atomic E-state index is 11.9. The third kappa shape index (κ3) is 2.03. The number of carbonyl (C=O) groups excluding carboxylic acids is 1. The lowest BCUT2D eigenvalue weighted by atomic mass is 10.1. The Kier molecular flexibility index (Phi) is 2.41. The molecule has 16 heavy (non-hydrogen) atoms. The van der Waals surface area contributed by atoms with Crippen LogP contribution in [0.15, 0.2) is 18.2 Å². The maximum atomic E-state index is 11.9. The molecule has 2 N–H and O–H groups in total. The fourth-order valence-corrected chi connectivity index (χ4v) is 1.78. The summed E-state index contributed by atoms with van der Waals surface area (Å²) in [6, 6.07) is 5.29. The number of nitrogens with one attached hydrogen (secondary N) is 1. The van der Waals surface area contributed by atoms with Crippen LogP contribution >= 0.6 is 0 Å². The Morgan fingerprint density at radius 2 is 2.12 bits per heavy atom. The summed E-state index contributed by atoms with van der Waals surface area (Å²) in [5.74, 6) is -0.140. The summed E-state index contributed by atoms with van der Waals surface area (Å²) in [6.45, 7) is 6.14. The molecule has 86 valence electrons. The maximum Gasteiger partial charge on any atom is 0.255 e. The number of rotatable bonds is 2. The van der Waals surface area contributed by atoms with Crippen LogP contribution in [0.1, 0.15) is 36.2 Å². The first-order valence-electron chi connectivity index (χ1n) is 5.50. The first kappa shape index (κ1) is 11.0. The van der Waals surface area contributed by atoms with Gasteiger partial charge in [-0.25, -0.2) is 0 Å². The molecule has 3 nitrogen and oxygen atoms in total. The first-order valence-corrected chi connectivity index (χ1v) is 5.50. The van der Waals surface area contributed by atoms with Crippen LogP contribution in [-0.4, -0.2) is 17.1 Å². The van der Waals surface area contributed by atoms with E-state index in [0.29, 0.717) is 5.56 Å². The Hall–Kier alpha value is -1.51. The molecule has 1 aromatic carbocycles.